The molecule has 3 aromatic rings. The number of aryl methyl sites for hydroxylation is 2. The van der Waals surface area contributed by atoms with E-state index in [1.807, 2.05) is 30.5 Å². The van der Waals surface area contributed by atoms with Crippen molar-refractivity contribution in [3.8, 4) is 0 Å². The zero-order valence-electron chi connectivity index (χ0n) is 14.7. The lowest BCUT2D eigenvalue weighted by Gasteiger charge is -2.08. The molecule has 0 saturated carbocycles. The summed E-state index contributed by atoms with van der Waals surface area (Å²) in [5.74, 6) is 0.585. The Kier molecular flexibility index (Phi) is 4.92. The molecule has 8 nitrogen and oxygen atoms in total. The van der Waals surface area contributed by atoms with Crippen LogP contribution in [-0.2, 0) is 16.1 Å². The molecule has 0 aromatic carbocycles. The van der Waals surface area contributed by atoms with E-state index in [2.05, 4.69) is 10.5 Å². The summed E-state index contributed by atoms with van der Waals surface area (Å²) in [5, 5.41) is 6.14. The van der Waals surface area contributed by atoms with Gasteiger partial charge in [-0.25, -0.2) is 4.79 Å². The number of nitrogens with one attached hydrogen (secondary N) is 1. The molecule has 136 valence electrons. The molecule has 0 radical (unpaired) electrons. The first-order valence-electron chi connectivity index (χ1n) is 8.03. The fourth-order valence-electron chi connectivity index (χ4n) is 2.62. The topological polar surface area (TPSA) is 99.5 Å². The van der Waals surface area contributed by atoms with Crippen LogP contribution in [0.1, 0.15) is 33.3 Å². The van der Waals surface area contributed by atoms with Gasteiger partial charge in [-0.15, -0.1) is 0 Å². The second-order valence-electron chi connectivity index (χ2n) is 5.90. The normalized spacial score (nSPS) is 10.7. The van der Waals surface area contributed by atoms with Gasteiger partial charge < -0.3 is 23.6 Å². The van der Waals surface area contributed by atoms with Crippen molar-refractivity contribution < 1.29 is 23.3 Å². The molecule has 3 aromatic heterocycles. The third-order valence-corrected chi connectivity index (χ3v) is 3.92. The van der Waals surface area contributed by atoms with Crippen molar-refractivity contribution in [2.24, 2.45) is 0 Å². The first kappa shape index (κ1) is 17.5. The van der Waals surface area contributed by atoms with Gasteiger partial charge in [-0.1, -0.05) is 5.16 Å². The number of carbonyl (C=O) groups excluding carboxylic acids is 2. The highest BCUT2D eigenvalue weighted by Crippen LogP contribution is 2.18. The Hall–Kier alpha value is -3.29. The van der Waals surface area contributed by atoms with Crippen LogP contribution in [0.15, 0.2) is 39.5 Å². The van der Waals surface area contributed by atoms with Crippen LogP contribution in [0.3, 0.4) is 0 Å². The Balaban J connectivity index is 1.61. The van der Waals surface area contributed by atoms with Gasteiger partial charge in [0.05, 0.1) is 18.4 Å². The highest BCUT2D eigenvalue weighted by atomic mass is 16.5. The fraction of sp³-hybridized carbons (Fsp3) is 0.278. The maximum atomic E-state index is 12.3. The van der Waals surface area contributed by atoms with Crippen molar-refractivity contribution in [2.75, 3.05) is 11.9 Å². The highest BCUT2D eigenvalue weighted by molar-refractivity contribution is 5.95. The van der Waals surface area contributed by atoms with Gasteiger partial charge in [-0.2, -0.15) is 0 Å². The van der Waals surface area contributed by atoms with Gasteiger partial charge in [-0.3, -0.25) is 4.79 Å². The molecule has 8 heteroatoms. The summed E-state index contributed by atoms with van der Waals surface area (Å²) in [5.41, 5.74) is 2.06. The molecule has 1 amide bonds. The number of furan rings is 1. The van der Waals surface area contributed by atoms with E-state index in [1.165, 1.54) is 0 Å². The molecule has 0 fully saturated rings. The van der Waals surface area contributed by atoms with Crippen molar-refractivity contribution >= 4 is 17.7 Å². The van der Waals surface area contributed by atoms with Crippen molar-refractivity contribution in [3.63, 3.8) is 0 Å². The molecule has 26 heavy (non-hydrogen) atoms. The Labute approximate surface area is 149 Å². The summed E-state index contributed by atoms with van der Waals surface area (Å²) >= 11 is 0. The van der Waals surface area contributed by atoms with Crippen LogP contribution in [0, 0.1) is 20.8 Å². The minimum absolute atomic E-state index is 0.278. The number of hydrogen-bond acceptors (Lipinski definition) is 6. The monoisotopic (exact) mass is 357 g/mol. The number of hydrogen-bond donors (Lipinski definition) is 1. The average molecular weight is 357 g/mol. The molecule has 0 aliphatic heterocycles. The van der Waals surface area contributed by atoms with E-state index in [1.54, 1.807) is 25.3 Å². The molecule has 0 atom stereocenters. The lowest BCUT2D eigenvalue weighted by atomic mass is 10.2. The van der Waals surface area contributed by atoms with Crippen LogP contribution in [0.5, 0.6) is 0 Å². The second-order valence-corrected chi connectivity index (χ2v) is 5.90. The number of ether oxygens (including phenoxy) is 1. The van der Waals surface area contributed by atoms with E-state index in [0.29, 0.717) is 17.9 Å². The summed E-state index contributed by atoms with van der Waals surface area (Å²) in [7, 11) is 0. The van der Waals surface area contributed by atoms with Gasteiger partial charge in [0.25, 0.3) is 5.91 Å². The summed E-state index contributed by atoms with van der Waals surface area (Å²) in [4.78, 5) is 24.2. The largest absolute Gasteiger partial charge is 0.467 e. The molecule has 3 rings (SSSR count). The van der Waals surface area contributed by atoms with E-state index < -0.39 is 18.5 Å². The lowest BCUT2D eigenvalue weighted by Crippen LogP contribution is -2.21. The van der Waals surface area contributed by atoms with Crippen molar-refractivity contribution in [3.05, 3.63) is 59.0 Å². The van der Waals surface area contributed by atoms with Gasteiger partial charge in [0.1, 0.15) is 11.5 Å². The van der Waals surface area contributed by atoms with Crippen LogP contribution in [-0.4, -0.2) is 28.2 Å². The van der Waals surface area contributed by atoms with Crippen LogP contribution in [0.2, 0.25) is 0 Å². The standard InChI is InChI=1S/C18H19N3O5/c1-11-7-15(13(3)21(11)9-14-5-4-6-24-14)18(23)25-10-17(22)19-16-8-12(2)26-20-16/h4-8H,9-10H2,1-3H3,(H,19,20,22). The number of anilines is 1. The number of rotatable bonds is 6. The molecule has 0 unspecified atom stereocenters. The summed E-state index contributed by atoms with van der Waals surface area (Å²) in [6, 6.07) is 6.99. The molecule has 3 heterocycles. The molecule has 0 bridgehead atoms. The molecular weight excluding hydrogens is 338 g/mol. The van der Waals surface area contributed by atoms with Gasteiger partial charge in [-0.05, 0) is 39.0 Å². The molecule has 0 aliphatic rings. The van der Waals surface area contributed by atoms with Crippen molar-refractivity contribution in [1.29, 1.82) is 0 Å². The van der Waals surface area contributed by atoms with E-state index in [0.717, 1.165) is 17.1 Å². The van der Waals surface area contributed by atoms with E-state index in [-0.39, 0.29) is 5.82 Å². The smallest absolute Gasteiger partial charge is 0.340 e. The Morgan fingerprint density at radius 3 is 2.73 bits per heavy atom. The number of nitrogens with zero attached hydrogens (tertiary/aromatic N) is 2. The van der Waals surface area contributed by atoms with Crippen molar-refractivity contribution in [1.82, 2.24) is 9.72 Å². The van der Waals surface area contributed by atoms with Gasteiger partial charge in [0.2, 0.25) is 0 Å². The number of aromatic nitrogens is 2. The molecular formula is C18H19N3O5. The predicted octanol–water partition coefficient (Wildman–Crippen LogP) is 2.84. The third kappa shape index (κ3) is 3.85. The number of esters is 1. The summed E-state index contributed by atoms with van der Waals surface area (Å²) in [6.45, 7) is 5.54. The quantitative estimate of drug-likeness (QED) is 0.681. The summed E-state index contributed by atoms with van der Waals surface area (Å²) < 4.78 is 17.3. The minimum Gasteiger partial charge on any atom is -0.467 e. The molecule has 0 spiro atoms. The maximum Gasteiger partial charge on any atom is 0.340 e. The first-order valence-corrected chi connectivity index (χ1v) is 8.03. The van der Waals surface area contributed by atoms with Gasteiger partial charge in [0, 0.05) is 17.5 Å². The van der Waals surface area contributed by atoms with Crippen LogP contribution >= 0.6 is 0 Å². The maximum absolute atomic E-state index is 12.3. The SMILES string of the molecule is Cc1cc(NC(=O)COC(=O)c2cc(C)n(Cc3ccco3)c2C)no1. The minimum atomic E-state index is -0.560. The van der Waals surface area contributed by atoms with Crippen LogP contribution in [0.4, 0.5) is 5.82 Å². The summed E-state index contributed by atoms with van der Waals surface area (Å²) in [6.07, 6.45) is 1.60. The molecule has 0 aliphatic carbocycles. The molecule has 0 saturated heterocycles. The van der Waals surface area contributed by atoms with E-state index in [9.17, 15) is 9.59 Å². The van der Waals surface area contributed by atoms with Gasteiger partial charge in [0.15, 0.2) is 12.4 Å². The first-order chi connectivity index (χ1) is 12.4. The Morgan fingerprint density at radius 1 is 1.27 bits per heavy atom. The Bertz CT molecular complexity index is 921. The van der Waals surface area contributed by atoms with Crippen LogP contribution in [0.25, 0.3) is 0 Å². The van der Waals surface area contributed by atoms with E-state index >= 15 is 0 Å². The zero-order valence-corrected chi connectivity index (χ0v) is 14.7. The predicted molar refractivity (Wildman–Crippen MR) is 91.9 cm³/mol. The lowest BCUT2D eigenvalue weighted by molar-refractivity contribution is -0.119. The zero-order chi connectivity index (χ0) is 18.7. The molecule has 1 N–H and O–H groups in total. The number of carbonyl (C=O) groups is 2. The van der Waals surface area contributed by atoms with E-state index in [4.69, 9.17) is 13.7 Å². The Morgan fingerprint density at radius 2 is 2.08 bits per heavy atom. The average Bonchev–Trinajstić information content (AvgIpc) is 3.31. The van der Waals surface area contributed by atoms with Gasteiger partial charge >= 0.3 is 5.97 Å². The van der Waals surface area contributed by atoms with Crippen LogP contribution < -0.4 is 5.32 Å². The van der Waals surface area contributed by atoms with Crippen molar-refractivity contribution in [2.45, 2.75) is 27.3 Å². The second kappa shape index (κ2) is 7.30. The third-order valence-electron chi connectivity index (χ3n) is 3.92. The highest BCUT2D eigenvalue weighted by Gasteiger charge is 2.19. The fourth-order valence-corrected chi connectivity index (χ4v) is 2.62. The number of amides is 1.